The van der Waals surface area contributed by atoms with Gasteiger partial charge in [0.1, 0.15) is 5.78 Å². The molecular formula is C12H15NO2. The van der Waals surface area contributed by atoms with E-state index in [1.54, 1.807) is 0 Å². The number of amides is 1. The quantitative estimate of drug-likeness (QED) is 0.646. The minimum absolute atomic E-state index is 0.0137. The Kier molecular flexibility index (Phi) is 1.79. The number of rotatable bonds is 1. The van der Waals surface area contributed by atoms with Crippen LogP contribution in [0.5, 0.6) is 0 Å². The Bertz CT molecular complexity index is 361. The third-order valence-electron chi connectivity index (χ3n) is 4.17. The van der Waals surface area contributed by atoms with Gasteiger partial charge >= 0.3 is 0 Å². The average molecular weight is 205 g/mol. The molecule has 2 saturated carbocycles. The maximum atomic E-state index is 11.9. The molecule has 0 radical (unpaired) electrons. The van der Waals surface area contributed by atoms with Gasteiger partial charge < -0.3 is 5.32 Å². The van der Waals surface area contributed by atoms with E-state index in [1.165, 1.54) is 6.92 Å². The van der Waals surface area contributed by atoms with Crippen LogP contribution >= 0.6 is 0 Å². The lowest BCUT2D eigenvalue weighted by molar-refractivity contribution is -0.121. The van der Waals surface area contributed by atoms with Crippen molar-refractivity contribution in [3.05, 3.63) is 12.2 Å². The van der Waals surface area contributed by atoms with E-state index in [0.29, 0.717) is 30.0 Å². The lowest BCUT2D eigenvalue weighted by Gasteiger charge is -2.24. The summed E-state index contributed by atoms with van der Waals surface area (Å²) in [5.41, 5.74) is 0. The first kappa shape index (κ1) is 9.13. The van der Waals surface area contributed by atoms with Crippen molar-refractivity contribution in [1.82, 2.24) is 5.32 Å². The Morgan fingerprint density at radius 2 is 2.13 bits per heavy atom. The summed E-state index contributed by atoms with van der Waals surface area (Å²) in [6.07, 6.45) is 6.10. The molecular weight excluding hydrogens is 190 g/mol. The van der Waals surface area contributed by atoms with Crippen molar-refractivity contribution in [2.75, 3.05) is 0 Å². The molecule has 2 bridgehead atoms. The van der Waals surface area contributed by atoms with Gasteiger partial charge in [-0.2, -0.15) is 0 Å². The molecule has 3 aliphatic rings. The third-order valence-corrected chi connectivity index (χ3v) is 4.17. The van der Waals surface area contributed by atoms with E-state index in [9.17, 15) is 9.59 Å². The zero-order valence-electron chi connectivity index (χ0n) is 8.77. The summed E-state index contributed by atoms with van der Waals surface area (Å²) < 4.78 is 0. The number of nitrogens with one attached hydrogen (secondary N) is 1. The molecule has 0 unspecified atom stereocenters. The molecule has 3 aliphatic carbocycles. The fourth-order valence-corrected chi connectivity index (χ4v) is 3.76. The smallest absolute Gasteiger partial charge is 0.217 e. The Morgan fingerprint density at radius 3 is 2.87 bits per heavy atom. The predicted octanol–water partition coefficient (Wildman–Crippen LogP) is 0.902. The largest absolute Gasteiger partial charge is 0.353 e. The summed E-state index contributed by atoms with van der Waals surface area (Å²) in [6, 6.07) is 0.0972. The fourth-order valence-electron chi connectivity index (χ4n) is 3.76. The number of allylic oxidation sites excluding steroid dienone is 2. The van der Waals surface area contributed by atoms with E-state index in [1.807, 2.05) is 0 Å². The Morgan fingerprint density at radius 1 is 1.40 bits per heavy atom. The lowest BCUT2D eigenvalue weighted by atomic mass is 9.84. The van der Waals surface area contributed by atoms with Gasteiger partial charge in [-0.05, 0) is 24.2 Å². The number of carbonyl (C=O) groups is 2. The van der Waals surface area contributed by atoms with Gasteiger partial charge in [0.25, 0.3) is 0 Å². The second-order valence-corrected chi connectivity index (χ2v) is 5.03. The molecule has 1 amide bonds. The van der Waals surface area contributed by atoms with Crippen LogP contribution in [0.25, 0.3) is 0 Å². The molecule has 0 saturated heterocycles. The maximum absolute atomic E-state index is 11.9. The van der Waals surface area contributed by atoms with E-state index >= 15 is 0 Å². The first-order chi connectivity index (χ1) is 7.16. The number of fused-ring (bicyclic) bond motifs is 5. The molecule has 0 aliphatic heterocycles. The molecule has 0 aromatic carbocycles. The minimum atomic E-state index is -0.0137. The van der Waals surface area contributed by atoms with Crippen LogP contribution in [0.2, 0.25) is 0 Å². The number of carbonyl (C=O) groups excluding carboxylic acids is 2. The summed E-state index contributed by atoms with van der Waals surface area (Å²) in [5.74, 6) is 1.93. The van der Waals surface area contributed by atoms with Gasteiger partial charge in [-0.3, -0.25) is 9.59 Å². The molecule has 0 aromatic heterocycles. The van der Waals surface area contributed by atoms with Crippen molar-refractivity contribution in [3.63, 3.8) is 0 Å². The predicted molar refractivity (Wildman–Crippen MR) is 54.9 cm³/mol. The van der Waals surface area contributed by atoms with Crippen molar-refractivity contribution in [2.24, 2.45) is 23.7 Å². The van der Waals surface area contributed by atoms with Crippen molar-refractivity contribution in [2.45, 2.75) is 25.8 Å². The van der Waals surface area contributed by atoms with Gasteiger partial charge in [0.05, 0.1) is 0 Å². The molecule has 3 rings (SSSR count). The highest BCUT2D eigenvalue weighted by molar-refractivity contribution is 5.87. The van der Waals surface area contributed by atoms with Crippen LogP contribution in [-0.2, 0) is 9.59 Å². The van der Waals surface area contributed by atoms with Gasteiger partial charge in [0.2, 0.25) is 5.91 Å². The van der Waals surface area contributed by atoms with Crippen molar-refractivity contribution < 1.29 is 9.59 Å². The molecule has 3 nitrogen and oxygen atoms in total. The maximum Gasteiger partial charge on any atom is 0.217 e. The molecule has 1 N–H and O–H groups in total. The van der Waals surface area contributed by atoms with E-state index in [2.05, 4.69) is 17.5 Å². The number of hydrogen-bond donors (Lipinski definition) is 1. The van der Waals surface area contributed by atoms with E-state index in [0.717, 1.165) is 6.42 Å². The van der Waals surface area contributed by atoms with Crippen LogP contribution in [-0.4, -0.2) is 17.7 Å². The van der Waals surface area contributed by atoms with Gasteiger partial charge in [0, 0.05) is 25.3 Å². The van der Waals surface area contributed by atoms with Crippen molar-refractivity contribution in [1.29, 1.82) is 0 Å². The molecule has 80 valence electrons. The first-order valence-electron chi connectivity index (χ1n) is 5.65. The highest BCUT2D eigenvalue weighted by atomic mass is 16.1. The Hall–Kier alpha value is -1.12. The molecule has 2 fully saturated rings. The van der Waals surface area contributed by atoms with Crippen LogP contribution in [0.3, 0.4) is 0 Å². The van der Waals surface area contributed by atoms with Crippen molar-refractivity contribution in [3.8, 4) is 0 Å². The van der Waals surface area contributed by atoms with E-state index < -0.39 is 0 Å². The van der Waals surface area contributed by atoms with Gasteiger partial charge in [-0.25, -0.2) is 0 Å². The second kappa shape index (κ2) is 2.94. The zero-order valence-corrected chi connectivity index (χ0v) is 8.77. The molecule has 0 aromatic rings. The lowest BCUT2D eigenvalue weighted by Crippen LogP contribution is -2.38. The van der Waals surface area contributed by atoms with Crippen LogP contribution in [0.15, 0.2) is 12.2 Å². The normalized spacial score (nSPS) is 45.9. The fraction of sp³-hybridized carbons (Fsp3) is 0.667. The molecule has 5 atom stereocenters. The topological polar surface area (TPSA) is 46.2 Å². The summed E-state index contributed by atoms with van der Waals surface area (Å²) in [7, 11) is 0. The van der Waals surface area contributed by atoms with Crippen LogP contribution < -0.4 is 5.32 Å². The number of ketones is 1. The van der Waals surface area contributed by atoms with Gasteiger partial charge in [-0.15, -0.1) is 0 Å². The molecule has 0 spiro atoms. The highest BCUT2D eigenvalue weighted by Crippen LogP contribution is 2.53. The second-order valence-electron chi connectivity index (χ2n) is 5.03. The number of hydrogen-bond acceptors (Lipinski definition) is 2. The SMILES string of the molecule is CC(=O)N[C@@H]1CC(=O)[C@H]2[C@@H]1[C@H]1C=C[C@@H]2C1. The molecule has 0 heterocycles. The van der Waals surface area contributed by atoms with E-state index in [4.69, 9.17) is 0 Å². The Labute approximate surface area is 88.9 Å². The summed E-state index contributed by atoms with van der Waals surface area (Å²) in [6.45, 7) is 1.53. The van der Waals surface area contributed by atoms with E-state index in [-0.39, 0.29) is 17.9 Å². The minimum Gasteiger partial charge on any atom is -0.353 e. The van der Waals surface area contributed by atoms with Crippen LogP contribution in [0, 0.1) is 23.7 Å². The third kappa shape index (κ3) is 1.18. The van der Waals surface area contributed by atoms with Crippen LogP contribution in [0.1, 0.15) is 19.8 Å². The summed E-state index contributed by atoms with van der Waals surface area (Å²) in [5, 5.41) is 2.93. The highest BCUT2D eigenvalue weighted by Gasteiger charge is 2.55. The monoisotopic (exact) mass is 205 g/mol. The van der Waals surface area contributed by atoms with Crippen LogP contribution in [0.4, 0.5) is 0 Å². The standard InChI is InChI=1S/C12H15NO2/c1-6(14)13-9-5-10(15)12-8-3-2-7(4-8)11(9)12/h2-3,7-9,11-12H,4-5H2,1H3,(H,13,14)/t7-,8+,9+,11+,12-/m0/s1. The zero-order chi connectivity index (χ0) is 10.6. The summed E-state index contributed by atoms with van der Waals surface area (Å²) in [4.78, 5) is 22.9. The first-order valence-corrected chi connectivity index (χ1v) is 5.65. The number of Topliss-reactive ketones (excluding diaryl/α,β-unsaturated/α-hetero) is 1. The Balaban J connectivity index is 1.87. The van der Waals surface area contributed by atoms with Gasteiger partial charge in [-0.1, -0.05) is 12.2 Å². The summed E-state index contributed by atoms with van der Waals surface area (Å²) >= 11 is 0. The van der Waals surface area contributed by atoms with Crippen molar-refractivity contribution >= 4 is 11.7 Å². The molecule has 3 heteroatoms. The van der Waals surface area contributed by atoms with Gasteiger partial charge in [0.15, 0.2) is 0 Å². The molecule has 15 heavy (non-hydrogen) atoms. The average Bonchev–Trinajstić information content (AvgIpc) is 2.78.